The van der Waals surface area contributed by atoms with Crippen LogP contribution in [0.5, 0.6) is 0 Å². The summed E-state index contributed by atoms with van der Waals surface area (Å²) in [6.07, 6.45) is 1.75. The minimum absolute atomic E-state index is 0.0229. The number of anilines is 1. The van der Waals surface area contributed by atoms with Gasteiger partial charge in [0, 0.05) is 26.1 Å². The molecule has 1 aromatic rings. The smallest absolute Gasteiger partial charge is 0.244 e. The molecule has 0 aromatic carbocycles. The van der Waals surface area contributed by atoms with Gasteiger partial charge in [-0.1, -0.05) is 0 Å². The monoisotopic (exact) mass is 238 g/mol. The predicted molar refractivity (Wildman–Crippen MR) is 58.6 cm³/mol. The van der Waals surface area contributed by atoms with Crippen LogP contribution in [0.1, 0.15) is 6.42 Å². The second-order valence-electron chi connectivity index (χ2n) is 3.78. The van der Waals surface area contributed by atoms with Crippen LogP contribution in [0.2, 0.25) is 0 Å². The van der Waals surface area contributed by atoms with Gasteiger partial charge < -0.3 is 16.0 Å². The van der Waals surface area contributed by atoms with E-state index in [9.17, 15) is 9.59 Å². The van der Waals surface area contributed by atoms with Gasteiger partial charge in [-0.3, -0.25) is 9.59 Å². The Kier molecular flexibility index (Phi) is 3.22. The summed E-state index contributed by atoms with van der Waals surface area (Å²) in [5, 5.41) is 6.55. The maximum Gasteiger partial charge on any atom is 0.244 e. The van der Waals surface area contributed by atoms with Crippen LogP contribution in [0.25, 0.3) is 0 Å². The van der Waals surface area contributed by atoms with E-state index in [0.717, 1.165) is 0 Å². The summed E-state index contributed by atoms with van der Waals surface area (Å²) in [4.78, 5) is 28.4. The quantitative estimate of drug-likeness (QED) is 0.633. The van der Waals surface area contributed by atoms with Crippen LogP contribution in [0, 0.1) is 0 Å². The van der Waals surface area contributed by atoms with Gasteiger partial charge in [-0.15, -0.1) is 5.10 Å². The number of carbonyl (C=O) groups is 2. The molecule has 17 heavy (non-hydrogen) atoms. The number of hydrogen-bond acceptors (Lipinski definition) is 5. The highest BCUT2D eigenvalue weighted by Crippen LogP contribution is 1.99. The van der Waals surface area contributed by atoms with E-state index in [1.807, 2.05) is 0 Å². The molecule has 1 aliphatic rings. The van der Waals surface area contributed by atoms with E-state index in [1.54, 1.807) is 4.90 Å². The molecule has 92 valence electrons. The third-order valence-corrected chi connectivity index (χ3v) is 2.52. The summed E-state index contributed by atoms with van der Waals surface area (Å²) in [6.45, 7) is 1.55. The Balaban J connectivity index is 1.93. The zero-order valence-electron chi connectivity index (χ0n) is 9.30. The third kappa shape index (κ3) is 2.92. The van der Waals surface area contributed by atoms with Gasteiger partial charge in [-0.2, -0.15) is 0 Å². The second kappa shape index (κ2) is 4.81. The first-order chi connectivity index (χ1) is 8.15. The molecule has 8 heteroatoms. The number of nitrogens with one attached hydrogen (secondary N) is 1. The standard InChI is InChI=1S/C9H14N6O2/c10-9-12-6-15(13-9)5-8(17)14-3-1-7(16)11-2-4-14/h6H,1-5H2,(H2,10,13)(H,11,16). The maximum atomic E-state index is 11.9. The number of nitrogens with zero attached hydrogens (tertiary/aromatic N) is 4. The molecule has 1 saturated heterocycles. The zero-order valence-corrected chi connectivity index (χ0v) is 9.30. The average Bonchev–Trinajstić information content (AvgIpc) is 2.56. The van der Waals surface area contributed by atoms with Crippen molar-refractivity contribution < 1.29 is 9.59 Å². The summed E-state index contributed by atoms with van der Waals surface area (Å²) in [7, 11) is 0. The maximum absolute atomic E-state index is 11.9. The highest BCUT2D eigenvalue weighted by Gasteiger charge is 2.18. The minimum atomic E-state index is -0.0913. The van der Waals surface area contributed by atoms with Gasteiger partial charge in [-0.25, -0.2) is 9.67 Å². The predicted octanol–water partition coefficient (Wildman–Crippen LogP) is -1.79. The molecular weight excluding hydrogens is 224 g/mol. The molecule has 0 radical (unpaired) electrons. The fraction of sp³-hybridized carbons (Fsp3) is 0.556. The number of carbonyl (C=O) groups excluding carboxylic acids is 2. The van der Waals surface area contributed by atoms with E-state index < -0.39 is 0 Å². The van der Waals surface area contributed by atoms with Crippen molar-refractivity contribution in [2.75, 3.05) is 25.4 Å². The molecule has 0 bridgehead atoms. The molecule has 0 saturated carbocycles. The number of amides is 2. The van der Waals surface area contributed by atoms with E-state index in [2.05, 4.69) is 15.4 Å². The molecule has 8 nitrogen and oxygen atoms in total. The van der Waals surface area contributed by atoms with Crippen LogP contribution >= 0.6 is 0 Å². The van der Waals surface area contributed by atoms with Crippen LogP contribution < -0.4 is 11.1 Å². The van der Waals surface area contributed by atoms with Crippen molar-refractivity contribution in [2.24, 2.45) is 0 Å². The SMILES string of the molecule is Nc1ncn(CC(=O)N2CCNC(=O)CC2)n1. The zero-order chi connectivity index (χ0) is 12.3. The van der Waals surface area contributed by atoms with E-state index >= 15 is 0 Å². The first kappa shape index (κ1) is 11.4. The highest BCUT2D eigenvalue weighted by atomic mass is 16.2. The summed E-state index contributed by atoms with van der Waals surface area (Å²) in [6, 6.07) is 0. The first-order valence-electron chi connectivity index (χ1n) is 5.34. The molecule has 0 unspecified atom stereocenters. The Morgan fingerprint density at radius 1 is 1.53 bits per heavy atom. The van der Waals surface area contributed by atoms with E-state index in [1.165, 1.54) is 11.0 Å². The summed E-state index contributed by atoms with van der Waals surface area (Å²) < 4.78 is 1.39. The topological polar surface area (TPSA) is 106 Å². The van der Waals surface area contributed by atoms with E-state index in [0.29, 0.717) is 26.1 Å². The number of nitrogens with two attached hydrogens (primary N) is 1. The molecule has 1 fully saturated rings. The van der Waals surface area contributed by atoms with Crippen LogP contribution in [-0.4, -0.2) is 51.1 Å². The molecule has 0 aliphatic carbocycles. The van der Waals surface area contributed by atoms with Crippen molar-refractivity contribution in [2.45, 2.75) is 13.0 Å². The van der Waals surface area contributed by atoms with Crippen molar-refractivity contribution >= 4 is 17.8 Å². The molecule has 1 aliphatic heterocycles. The van der Waals surface area contributed by atoms with Gasteiger partial charge in [0.15, 0.2) is 0 Å². The lowest BCUT2D eigenvalue weighted by Gasteiger charge is -2.19. The van der Waals surface area contributed by atoms with Gasteiger partial charge >= 0.3 is 0 Å². The normalized spacial score (nSPS) is 16.5. The van der Waals surface area contributed by atoms with Crippen LogP contribution in [0.3, 0.4) is 0 Å². The van der Waals surface area contributed by atoms with Crippen molar-refractivity contribution in [3.8, 4) is 0 Å². The van der Waals surface area contributed by atoms with Gasteiger partial charge in [0.05, 0.1) is 0 Å². The molecule has 2 heterocycles. The highest BCUT2D eigenvalue weighted by molar-refractivity contribution is 5.80. The summed E-state index contributed by atoms with van der Waals surface area (Å²) in [5.74, 6) is 0.0298. The molecule has 0 atom stereocenters. The van der Waals surface area contributed by atoms with Crippen LogP contribution in [0.15, 0.2) is 6.33 Å². The van der Waals surface area contributed by atoms with Crippen LogP contribution in [-0.2, 0) is 16.1 Å². The molecule has 2 rings (SSSR count). The Labute approximate surface area is 97.8 Å². The van der Waals surface area contributed by atoms with E-state index in [4.69, 9.17) is 5.73 Å². The first-order valence-corrected chi connectivity index (χ1v) is 5.34. The van der Waals surface area contributed by atoms with Crippen molar-refractivity contribution in [1.82, 2.24) is 25.0 Å². The summed E-state index contributed by atoms with van der Waals surface area (Å²) in [5.41, 5.74) is 5.35. The van der Waals surface area contributed by atoms with Crippen molar-refractivity contribution in [3.63, 3.8) is 0 Å². The van der Waals surface area contributed by atoms with Gasteiger partial charge in [0.25, 0.3) is 0 Å². The molecule has 1 aromatic heterocycles. The number of hydrogen-bond donors (Lipinski definition) is 2. The lowest BCUT2D eigenvalue weighted by Crippen LogP contribution is -2.36. The summed E-state index contributed by atoms with van der Waals surface area (Å²) >= 11 is 0. The Bertz CT molecular complexity index is 429. The van der Waals surface area contributed by atoms with Crippen molar-refractivity contribution in [1.29, 1.82) is 0 Å². The van der Waals surface area contributed by atoms with Gasteiger partial charge in [0.1, 0.15) is 12.9 Å². The fourth-order valence-electron chi connectivity index (χ4n) is 1.64. The molecular formula is C9H14N6O2. The fourth-order valence-corrected chi connectivity index (χ4v) is 1.64. The van der Waals surface area contributed by atoms with Crippen LogP contribution in [0.4, 0.5) is 5.95 Å². The van der Waals surface area contributed by atoms with Crippen molar-refractivity contribution in [3.05, 3.63) is 6.33 Å². The average molecular weight is 238 g/mol. The number of aromatic nitrogens is 3. The molecule has 2 amide bonds. The lowest BCUT2D eigenvalue weighted by atomic mass is 10.3. The third-order valence-electron chi connectivity index (χ3n) is 2.52. The Hall–Kier alpha value is -2.12. The lowest BCUT2D eigenvalue weighted by molar-refractivity contribution is -0.131. The minimum Gasteiger partial charge on any atom is -0.367 e. The number of nitrogen functional groups attached to an aromatic ring is 1. The largest absolute Gasteiger partial charge is 0.367 e. The molecule has 0 spiro atoms. The Morgan fingerprint density at radius 3 is 3.06 bits per heavy atom. The van der Waals surface area contributed by atoms with Gasteiger partial charge in [-0.05, 0) is 0 Å². The Morgan fingerprint density at radius 2 is 2.35 bits per heavy atom. The second-order valence-corrected chi connectivity index (χ2v) is 3.78. The van der Waals surface area contributed by atoms with Gasteiger partial charge in [0.2, 0.25) is 17.8 Å². The number of rotatable bonds is 2. The molecule has 3 N–H and O–H groups in total. The van der Waals surface area contributed by atoms with E-state index in [-0.39, 0.29) is 24.3 Å².